The summed E-state index contributed by atoms with van der Waals surface area (Å²) in [5, 5.41) is 8.49. The maximum Gasteiger partial charge on any atom is 0.338 e. The molecule has 0 saturated carbocycles. The molecule has 0 atom stereocenters. The number of aromatic carboxylic acids is 1. The van der Waals surface area contributed by atoms with Crippen LogP contribution in [-0.4, -0.2) is 11.1 Å². The Labute approximate surface area is 76.8 Å². The fourth-order valence-corrected chi connectivity index (χ4v) is 1.29. The van der Waals surface area contributed by atoms with Crippen molar-refractivity contribution in [3.05, 3.63) is 29.6 Å². The summed E-state index contributed by atoms with van der Waals surface area (Å²) < 4.78 is 12.7. The lowest BCUT2D eigenvalue weighted by molar-refractivity contribution is 0.0691. The van der Waals surface area contributed by atoms with Crippen molar-refractivity contribution in [2.75, 3.05) is 0 Å². The molecule has 0 heterocycles. The Morgan fingerprint density at radius 2 is 2.25 bits per heavy atom. The maximum atomic E-state index is 12.7. The van der Waals surface area contributed by atoms with Crippen molar-refractivity contribution in [3.8, 4) is 0 Å². The summed E-state index contributed by atoms with van der Waals surface area (Å²) in [6, 6.07) is 3.68. The molecular formula is C7H4ClFO2S. The molecule has 0 saturated heterocycles. The molecular weight excluding hydrogens is 203 g/mol. The summed E-state index contributed by atoms with van der Waals surface area (Å²) in [5.41, 5.74) is -0.361. The van der Waals surface area contributed by atoms with Gasteiger partial charge in [-0.3, -0.25) is 0 Å². The van der Waals surface area contributed by atoms with Crippen LogP contribution < -0.4 is 0 Å². The molecule has 12 heavy (non-hydrogen) atoms. The van der Waals surface area contributed by atoms with Crippen molar-refractivity contribution in [2.45, 2.75) is 4.90 Å². The Hall–Kier alpha value is -0.740. The molecule has 0 fully saturated rings. The summed E-state index contributed by atoms with van der Waals surface area (Å²) in [4.78, 5) is 10.9. The third kappa shape index (κ3) is 1.89. The molecule has 1 aromatic rings. The first-order valence-corrected chi connectivity index (χ1v) is 4.61. The van der Waals surface area contributed by atoms with E-state index in [1.807, 2.05) is 0 Å². The van der Waals surface area contributed by atoms with Crippen molar-refractivity contribution >= 4 is 27.6 Å². The number of benzene rings is 1. The Kier molecular flexibility index (Phi) is 2.94. The first-order chi connectivity index (χ1) is 5.65. The summed E-state index contributed by atoms with van der Waals surface area (Å²) in [7, 11) is 6.21. The number of rotatable bonds is 2. The predicted octanol–water partition coefficient (Wildman–Crippen LogP) is 2.77. The number of carboxylic acid groups (broad SMARTS) is 1. The van der Waals surface area contributed by atoms with E-state index in [4.69, 9.17) is 15.8 Å². The average Bonchev–Trinajstić information content (AvgIpc) is 2.05. The van der Waals surface area contributed by atoms with Gasteiger partial charge in [0.2, 0.25) is 0 Å². The minimum Gasteiger partial charge on any atom is -0.478 e. The van der Waals surface area contributed by atoms with Crippen LogP contribution in [0.3, 0.4) is 0 Å². The van der Waals surface area contributed by atoms with E-state index in [1.54, 1.807) is 0 Å². The first kappa shape index (κ1) is 9.35. The minimum absolute atomic E-state index is 0.361. The molecule has 1 N–H and O–H groups in total. The van der Waals surface area contributed by atoms with Crippen LogP contribution in [0.1, 0.15) is 10.4 Å². The molecule has 0 aliphatic carbocycles. The van der Waals surface area contributed by atoms with Gasteiger partial charge in [0.05, 0.1) is 5.56 Å². The van der Waals surface area contributed by atoms with Gasteiger partial charge in [0.15, 0.2) is 0 Å². The SMILES string of the molecule is O=C(O)c1cc(SCl)ccc1F. The van der Waals surface area contributed by atoms with Crippen LogP contribution in [0.25, 0.3) is 0 Å². The molecule has 0 unspecified atom stereocenters. The Bertz CT molecular complexity index is 316. The van der Waals surface area contributed by atoms with Crippen molar-refractivity contribution in [2.24, 2.45) is 0 Å². The maximum absolute atomic E-state index is 12.7. The molecule has 64 valence electrons. The van der Waals surface area contributed by atoms with Crippen LogP contribution in [-0.2, 0) is 0 Å². The van der Waals surface area contributed by atoms with E-state index in [2.05, 4.69) is 0 Å². The van der Waals surface area contributed by atoms with Gasteiger partial charge in [-0.25, -0.2) is 9.18 Å². The van der Waals surface area contributed by atoms with Gasteiger partial charge in [0.1, 0.15) is 5.82 Å². The summed E-state index contributed by atoms with van der Waals surface area (Å²) >= 11 is 0. The standard InChI is InChI=1S/C7H4ClFO2S/c8-12-4-1-2-6(9)5(3-4)7(10)11/h1-3H,(H,10,11). The molecule has 0 aliphatic rings. The molecule has 5 heteroatoms. The van der Waals surface area contributed by atoms with Gasteiger partial charge in [0.25, 0.3) is 0 Å². The number of hydrogen-bond acceptors (Lipinski definition) is 2. The van der Waals surface area contributed by atoms with E-state index in [9.17, 15) is 9.18 Å². The number of carbonyl (C=O) groups is 1. The zero-order chi connectivity index (χ0) is 9.14. The van der Waals surface area contributed by atoms with E-state index in [0.717, 1.165) is 17.0 Å². The second-order valence-corrected chi connectivity index (χ2v) is 3.11. The highest BCUT2D eigenvalue weighted by molar-refractivity contribution is 8.21. The molecule has 1 aromatic carbocycles. The zero-order valence-corrected chi connectivity index (χ0v) is 7.32. The van der Waals surface area contributed by atoms with Gasteiger partial charge in [-0.05, 0) is 39.9 Å². The molecule has 0 radical (unpaired) electrons. The largest absolute Gasteiger partial charge is 0.478 e. The molecule has 2 nitrogen and oxygen atoms in total. The van der Waals surface area contributed by atoms with Crippen LogP contribution in [0.15, 0.2) is 23.1 Å². The van der Waals surface area contributed by atoms with Gasteiger partial charge in [0, 0.05) is 4.90 Å². The highest BCUT2D eigenvalue weighted by Crippen LogP contribution is 2.23. The molecule has 0 aromatic heterocycles. The predicted molar refractivity (Wildman–Crippen MR) is 45.1 cm³/mol. The number of halogens is 2. The normalized spacial score (nSPS) is 9.83. The van der Waals surface area contributed by atoms with Crippen LogP contribution in [0.4, 0.5) is 4.39 Å². The minimum atomic E-state index is -1.29. The lowest BCUT2D eigenvalue weighted by atomic mass is 10.2. The molecule has 1 rings (SSSR count). The monoisotopic (exact) mass is 206 g/mol. The number of hydrogen-bond donors (Lipinski definition) is 1. The van der Waals surface area contributed by atoms with Crippen LogP contribution >= 0.6 is 21.7 Å². The fourth-order valence-electron chi connectivity index (χ4n) is 0.716. The van der Waals surface area contributed by atoms with E-state index in [0.29, 0.717) is 4.90 Å². The number of carboxylic acids is 1. The Balaban J connectivity index is 3.17. The van der Waals surface area contributed by atoms with Gasteiger partial charge >= 0.3 is 5.97 Å². The second-order valence-electron chi connectivity index (χ2n) is 2.02. The van der Waals surface area contributed by atoms with Crippen molar-refractivity contribution in [1.29, 1.82) is 0 Å². The van der Waals surface area contributed by atoms with Crippen LogP contribution in [0, 0.1) is 5.82 Å². The van der Waals surface area contributed by atoms with Crippen LogP contribution in [0.5, 0.6) is 0 Å². The lowest BCUT2D eigenvalue weighted by Crippen LogP contribution is -1.99. The van der Waals surface area contributed by atoms with Gasteiger partial charge in [-0.2, -0.15) is 0 Å². The lowest BCUT2D eigenvalue weighted by Gasteiger charge is -1.98. The molecule has 0 aliphatic heterocycles. The van der Waals surface area contributed by atoms with E-state index in [1.165, 1.54) is 12.1 Å². The van der Waals surface area contributed by atoms with E-state index >= 15 is 0 Å². The topological polar surface area (TPSA) is 37.3 Å². The summed E-state index contributed by atoms with van der Waals surface area (Å²) in [6.07, 6.45) is 0. The highest BCUT2D eigenvalue weighted by atomic mass is 35.7. The van der Waals surface area contributed by atoms with Gasteiger partial charge in [-0.15, -0.1) is 0 Å². The van der Waals surface area contributed by atoms with Crippen molar-refractivity contribution in [1.82, 2.24) is 0 Å². The third-order valence-corrected chi connectivity index (χ3v) is 2.22. The van der Waals surface area contributed by atoms with E-state index < -0.39 is 11.8 Å². The quantitative estimate of drug-likeness (QED) is 0.809. The summed E-state index contributed by atoms with van der Waals surface area (Å²) in [5.74, 6) is -2.04. The molecule has 0 amide bonds. The van der Waals surface area contributed by atoms with Crippen molar-refractivity contribution < 1.29 is 14.3 Å². The first-order valence-electron chi connectivity index (χ1n) is 2.96. The van der Waals surface area contributed by atoms with Crippen LogP contribution in [0.2, 0.25) is 0 Å². The highest BCUT2D eigenvalue weighted by Gasteiger charge is 2.10. The van der Waals surface area contributed by atoms with Crippen molar-refractivity contribution in [3.63, 3.8) is 0 Å². The van der Waals surface area contributed by atoms with Gasteiger partial charge < -0.3 is 5.11 Å². The zero-order valence-electron chi connectivity index (χ0n) is 5.75. The molecule has 0 bridgehead atoms. The van der Waals surface area contributed by atoms with E-state index in [-0.39, 0.29) is 5.56 Å². The van der Waals surface area contributed by atoms with Gasteiger partial charge in [-0.1, -0.05) is 0 Å². The smallest absolute Gasteiger partial charge is 0.338 e. The summed E-state index contributed by atoms with van der Waals surface area (Å²) in [6.45, 7) is 0. The fraction of sp³-hybridized carbons (Fsp3) is 0. The Morgan fingerprint density at radius 1 is 1.58 bits per heavy atom. The Morgan fingerprint density at radius 3 is 2.75 bits per heavy atom. The average molecular weight is 207 g/mol. The third-order valence-electron chi connectivity index (χ3n) is 1.26. The second kappa shape index (κ2) is 3.78. The molecule has 0 spiro atoms.